The number of aryl methyl sites for hydroxylation is 1. The second-order valence-corrected chi connectivity index (χ2v) is 10.8. The van der Waals surface area contributed by atoms with Crippen LogP contribution in [0.3, 0.4) is 0 Å². The van der Waals surface area contributed by atoms with Gasteiger partial charge in [0.1, 0.15) is 0 Å². The number of hydrogen-bond acceptors (Lipinski definition) is 4. The molecule has 0 atom stereocenters. The molecule has 0 aliphatic heterocycles. The summed E-state index contributed by atoms with van der Waals surface area (Å²) in [5.41, 5.74) is 0.922. The second kappa shape index (κ2) is 5.07. The lowest BCUT2D eigenvalue weighted by atomic mass is 10.2. The first-order chi connectivity index (χ1) is 8.10. The Morgan fingerprint density at radius 3 is 2.17 bits per heavy atom. The maximum absolute atomic E-state index is 11.8. The Hall–Kier alpha value is -1.41. The van der Waals surface area contributed by atoms with Crippen LogP contribution in [0.1, 0.15) is 5.56 Å². The van der Waals surface area contributed by atoms with Crippen LogP contribution in [0.2, 0.25) is 19.6 Å². The molecule has 0 saturated carbocycles. The number of nitrogens with zero attached hydrogens (tertiary/aromatic N) is 2. The van der Waals surface area contributed by atoms with Crippen LogP contribution < -0.4 is 0 Å². The SMILES string of the molecule is Cc1ccc(S(=O)(=O)/N=[N+](/[O-])O[Si](C)(C)C)cc1. The van der Waals surface area contributed by atoms with E-state index in [9.17, 15) is 13.6 Å². The molecule has 0 spiro atoms. The molecule has 0 aromatic heterocycles. The van der Waals surface area contributed by atoms with Crippen LogP contribution in [0.15, 0.2) is 33.7 Å². The zero-order valence-corrected chi connectivity index (χ0v) is 12.6. The smallest absolute Gasteiger partial charge is 0.342 e. The van der Waals surface area contributed by atoms with E-state index in [-0.39, 0.29) is 9.92 Å². The first kappa shape index (κ1) is 14.6. The van der Waals surface area contributed by atoms with Crippen molar-refractivity contribution < 1.29 is 18.0 Å². The van der Waals surface area contributed by atoms with E-state index in [2.05, 4.69) is 4.52 Å². The average molecular weight is 288 g/mol. The van der Waals surface area contributed by atoms with Crippen molar-refractivity contribution in [1.29, 1.82) is 0 Å². The number of benzene rings is 1. The van der Waals surface area contributed by atoms with Gasteiger partial charge in [-0.3, -0.25) is 0 Å². The summed E-state index contributed by atoms with van der Waals surface area (Å²) in [5.74, 6) is 0. The van der Waals surface area contributed by atoms with Gasteiger partial charge < -0.3 is 4.53 Å². The molecule has 100 valence electrons. The van der Waals surface area contributed by atoms with E-state index in [1.807, 2.05) is 6.92 Å². The van der Waals surface area contributed by atoms with Crippen molar-refractivity contribution >= 4 is 18.3 Å². The standard InChI is InChI=1S/C10H16N2O4SSi/c1-9-5-7-10(8-6-9)17(14,15)11-12(13)16-18(2,3)4/h5-8H,1-4H3/b12-11-. The predicted molar refractivity (Wildman–Crippen MR) is 68.9 cm³/mol. The molecular formula is C10H16N2O4SSi. The van der Waals surface area contributed by atoms with Gasteiger partial charge in [0, 0.05) is 0 Å². The van der Waals surface area contributed by atoms with Crippen LogP contribution in [0.4, 0.5) is 0 Å². The highest BCUT2D eigenvalue weighted by Crippen LogP contribution is 2.14. The predicted octanol–water partition coefficient (Wildman–Crippen LogP) is 2.41. The fourth-order valence-electron chi connectivity index (χ4n) is 1.10. The lowest BCUT2D eigenvalue weighted by Gasteiger charge is -2.16. The third-order valence-electron chi connectivity index (χ3n) is 1.84. The lowest BCUT2D eigenvalue weighted by Crippen LogP contribution is -2.29. The number of sulfonamides is 1. The van der Waals surface area contributed by atoms with Crippen LogP contribution >= 0.6 is 0 Å². The van der Waals surface area contributed by atoms with Crippen molar-refractivity contribution in [3.63, 3.8) is 0 Å². The number of rotatable bonds is 4. The highest BCUT2D eigenvalue weighted by molar-refractivity contribution is 7.89. The van der Waals surface area contributed by atoms with Gasteiger partial charge in [0.05, 0.1) is 4.90 Å². The molecule has 0 unspecified atom stereocenters. The quantitative estimate of drug-likeness (QED) is 0.484. The van der Waals surface area contributed by atoms with E-state index in [0.717, 1.165) is 5.56 Å². The van der Waals surface area contributed by atoms with Gasteiger partial charge in [0.25, 0.3) is 0 Å². The summed E-state index contributed by atoms with van der Waals surface area (Å²) in [7, 11) is -6.19. The highest BCUT2D eigenvalue weighted by Gasteiger charge is 2.22. The van der Waals surface area contributed by atoms with E-state index in [0.29, 0.717) is 0 Å². The topological polar surface area (TPSA) is 81.8 Å². The van der Waals surface area contributed by atoms with Gasteiger partial charge >= 0.3 is 10.0 Å². The molecule has 1 rings (SSSR count). The monoisotopic (exact) mass is 288 g/mol. The fourth-order valence-corrected chi connectivity index (χ4v) is 2.45. The molecule has 6 nitrogen and oxygen atoms in total. The molecule has 0 heterocycles. The van der Waals surface area contributed by atoms with Gasteiger partial charge in [-0.2, -0.15) is 8.42 Å². The molecule has 0 N–H and O–H groups in total. The molecule has 0 amide bonds. The van der Waals surface area contributed by atoms with Crippen molar-refractivity contribution in [3.8, 4) is 0 Å². The van der Waals surface area contributed by atoms with Crippen LogP contribution in [0.25, 0.3) is 0 Å². The minimum atomic E-state index is -4.01. The van der Waals surface area contributed by atoms with Gasteiger partial charge in [0.15, 0.2) is 17.9 Å². The summed E-state index contributed by atoms with van der Waals surface area (Å²) in [6, 6.07) is 6.07. The fraction of sp³-hybridized carbons (Fsp3) is 0.400. The van der Waals surface area contributed by atoms with Crippen molar-refractivity contribution in [1.82, 2.24) is 0 Å². The summed E-state index contributed by atoms with van der Waals surface area (Å²) in [6.07, 6.45) is 0. The average Bonchev–Trinajstić information content (AvgIpc) is 2.13. The summed E-state index contributed by atoms with van der Waals surface area (Å²) < 4.78 is 31.5. The third kappa shape index (κ3) is 4.45. The van der Waals surface area contributed by atoms with Crippen molar-refractivity contribution in [2.45, 2.75) is 31.5 Å². The zero-order valence-electron chi connectivity index (χ0n) is 10.7. The molecule has 0 saturated heterocycles. The molecule has 0 bridgehead atoms. The van der Waals surface area contributed by atoms with Gasteiger partial charge in [-0.25, -0.2) is 5.21 Å². The maximum Gasteiger partial charge on any atom is 0.342 e. The summed E-state index contributed by atoms with van der Waals surface area (Å²) >= 11 is 0. The first-order valence-electron chi connectivity index (χ1n) is 5.31. The summed E-state index contributed by atoms with van der Waals surface area (Å²) in [5, 5.41) is 11.1. The molecule has 0 aliphatic rings. The zero-order chi connectivity index (χ0) is 14.0. The summed E-state index contributed by atoms with van der Waals surface area (Å²) in [6.45, 7) is 7.10. The number of hydrogen-bond donors (Lipinski definition) is 0. The maximum atomic E-state index is 11.8. The normalized spacial score (nSPS) is 13.4. The van der Waals surface area contributed by atoms with Crippen molar-refractivity contribution in [2.24, 2.45) is 4.52 Å². The Kier molecular flexibility index (Phi) is 4.12. The molecule has 1 aromatic rings. The van der Waals surface area contributed by atoms with E-state index in [1.165, 1.54) is 12.1 Å². The van der Waals surface area contributed by atoms with Crippen LogP contribution in [-0.4, -0.2) is 21.8 Å². The van der Waals surface area contributed by atoms with Gasteiger partial charge in [0.2, 0.25) is 0 Å². The molecule has 8 heteroatoms. The minimum Gasteiger partial charge on any atom is -0.420 e. The second-order valence-electron chi connectivity index (χ2n) is 4.81. The van der Waals surface area contributed by atoms with Gasteiger partial charge in [-0.05, 0) is 19.1 Å². The molecule has 18 heavy (non-hydrogen) atoms. The molecule has 1 aromatic carbocycles. The van der Waals surface area contributed by atoms with Gasteiger partial charge in [-0.15, -0.1) is 0 Å². The van der Waals surface area contributed by atoms with Crippen molar-refractivity contribution in [2.75, 3.05) is 0 Å². The van der Waals surface area contributed by atoms with E-state index < -0.39 is 18.3 Å². The van der Waals surface area contributed by atoms with E-state index >= 15 is 0 Å². The molecule has 0 aliphatic carbocycles. The Labute approximate surface area is 108 Å². The Morgan fingerprint density at radius 2 is 1.72 bits per heavy atom. The van der Waals surface area contributed by atoms with Crippen LogP contribution in [-0.2, 0) is 14.6 Å². The van der Waals surface area contributed by atoms with Crippen molar-refractivity contribution in [3.05, 3.63) is 35.0 Å². The highest BCUT2D eigenvalue weighted by atomic mass is 32.2. The largest absolute Gasteiger partial charge is 0.420 e. The third-order valence-corrected chi connectivity index (χ3v) is 3.77. The van der Waals surface area contributed by atoms with Crippen LogP contribution in [0, 0.1) is 12.1 Å². The first-order valence-corrected chi connectivity index (χ1v) is 10.2. The molecule has 0 radical (unpaired) electrons. The molecule has 0 fully saturated rings. The van der Waals surface area contributed by atoms with Crippen LogP contribution in [0.5, 0.6) is 0 Å². The molecular weight excluding hydrogens is 272 g/mol. The summed E-state index contributed by atoms with van der Waals surface area (Å²) in [4.78, 5) is -0.0341. The minimum absolute atomic E-state index is 0.0341. The Bertz CT molecular complexity index is 546. The lowest BCUT2D eigenvalue weighted by molar-refractivity contribution is -0.750. The van der Waals surface area contributed by atoms with Gasteiger partial charge in [-0.1, -0.05) is 37.3 Å². The van der Waals surface area contributed by atoms with E-state index in [4.69, 9.17) is 4.53 Å². The Morgan fingerprint density at radius 1 is 1.22 bits per heavy atom. The Balaban J connectivity index is 3.01. The van der Waals surface area contributed by atoms with E-state index in [1.54, 1.807) is 31.8 Å².